The van der Waals surface area contributed by atoms with Crippen LogP contribution in [0.1, 0.15) is 12.0 Å². The number of hydrogen-bond donors (Lipinski definition) is 0. The summed E-state index contributed by atoms with van der Waals surface area (Å²) in [5.41, 5.74) is 0.918. The van der Waals surface area contributed by atoms with Crippen molar-refractivity contribution in [3.63, 3.8) is 0 Å². The third kappa shape index (κ3) is 5.20. The number of halogens is 1. The third-order valence-electron chi connectivity index (χ3n) is 3.84. The van der Waals surface area contributed by atoms with Crippen molar-refractivity contribution in [1.82, 2.24) is 4.90 Å². The number of amides is 1. The second kappa shape index (κ2) is 7.65. The second-order valence-electron chi connectivity index (χ2n) is 6.10. The summed E-state index contributed by atoms with van der Waals surface area (Å²) in [5, 5.41) is 0.640. The molecule has 0 bridgehead atoms. The van der Waals surface area contributed by atoms with Gasteiger partial charge in [-0.1, -0.05) is 23.7 Å². The van der Waals surface area contributed by atoms with E-state index in [-0.39, 0.29) is 18.9 Å². The Kier molecular flexibility index (Phi) is 5.50. The molecular formula is C18H18ClNO5S. The minimum absolute atomic E-state index is 0.0742. The quantitative estimate of drug-likeness (QED) is 0.702. The maximum absolute atomic E-state index is 12.0. The van der Waals surface area contributed by atoms with Crippen LogP contribution in [0.5, 0.6) is 11.5 Å². The predicted octanol–water partition coefficient (Wildman–Crippen LogP) is 3.21. The SMILES string of the molecule is CS(=O)(=O)OC1CC(=O)N(Cc2ccc(Oc3ccc(Cl)cc3)cc2)C1. The van der Waals surface area contributed by atoms with Crippen LogP contribution in [0, 0.1) is 0 Å². The van der Waals surface area contributed by atoms with E-state index in [1.807, 2.05) is 24.3 Å². The van der Waals surface area contributed by atoms with Crippen LogP contribution in [0.3, 0.4) is 0 Å². The first-order valence-corrected chi connectivity index (χ1v) is 10.2. The van der Waals surface area contributed by atoms with E-state index in [0.717, 1.165) is 11.8 Å². The highest BCUT2D eigenvalue weighted by Crippen LogP contribution is 2.24. The predicted molar refractivity (Wildman–Crippen MR) is 97.7 cm³/mol. The molecule has 0 aromatic heterocycles. The van der Waals surface area contributed by atoms with E-state index >= 15 is 0 Å². The van der Waals surface area contributed by atoms with E-state index in [4.69, 9.17) is 20.5 Å². The first-order chi connectivity index (χ1) is 12.3. The van der Waals surface area contributed by atoms with Crippen LogP contribution in [-0.2, 0) is 25.6 Å². The third-order valence-corrected chi connectivity index (χ3v) is 4.71. The molecular weight excluding hydrogens is 378 g/mol. The molecule has 1 aliphatic heterocycles. The lowest BCUT2D eigenvalue weighted by atomic mass is 10.2. The zero-order valence-electron chi connectivity index (χ0n) is 14.1. The maximum Gasteiger partial charge on any atom is 0.264 e. The van der Waals surface area contributed by atoms with Crippen molar-refractivity contribution in [3.05, 3.63) is 59.1 Å². The molecule has 6 nitrogen and oxygen atoms in total. The molecule has 1 atom stereocenters. The molecule has 2 aromatic rings. The number of hydrogen-bond acceptors (Lipinski definition) is 5. The Balaban J connectivity index is 1.59. The number of nitrogens with zero attached hydrogens (tertiary/aromatic N) is 1. The van der Waals surface area contributed by atoms with Crippen molar-refractivity contribution < 1.29 is 22.1 Å². The Hall–Kier alpha value is -2.09. The molecule has 0 N–H and O–H groups in total. The Morgan fingerprint density at radius 3 is 2.23 bits per heavy atom. The number of benzene rings is 2. The maximum atomic E-state index is 12.0. The van der Waals surface area contributed by atoms with Crippen LogP contribution in [0.25, 0.3) is 0 Å². The van der Waals surface area contributed by atoms with E-state index < -0.39 is 16.2 Å². The number of likely N-dealkylation sites (tertiary alicyclic amines) is 1. The van der Waals surface area contributed by atoms with Crippen molar-refractivity contribution in [2.24, 2.45) is 0 Å². The summed E-state index contributed by atoms with van der Waals surface area (Å²) < 4.78 is 33.0. The highest BCUT2D eigenvalue weighted by molar-refractivity contribution is 7.86. The molecule has 2 aromatic carbocycles. The molecule has 1 unspecified atom stereocenters. The molecule has 0 radical (unpaired) electrons. The second-order valence-corrected chi connectivity index (χ2v) is 8.14. The fourth-order valence-corrected chi connectivity index (χ4v) is 3.47. The van der Waals surface area contributed by atoms with Crippen molar-refractivity contribution >= 4 is 27.6 Å². The minimum Gasteiger partial charge on any atom is -0.457 e. The average molecular weight is 396 g/mol. The monoisotopic (exact) mass is 395 g/mol. The van der Waals surface area contributed by atoms with Crippen molar-refractivity contribution in [1.29, 1.82) is 0 Å². The van der Waals surface area contributed by atoms with Gasteiger partial charge in [-0.3, -0.25) is 8.98 Å². The molecule has 1 aliphatic rings. The molecule has 3 rings (SSSR count). The number of ether oxygens (including phenoxy) is 1. The molecule has 0 saturated carbocycles. The highest BCUT2D eigenvalue weighted by Gasteiger charge is 2.32. The van der Waals surface area contributed by atoms with E-state index in [9.17, 15) is 13.2 Å². The highest BCUT2D eigenvalue weighted by atomic mass is 35.5. The molecule has 1 fully saturated rings. The fourth-order valence-electron chi connectivity index (χ4n) is 2.72. The average Bonchev–Trinajstić information content (AvgIpc) is 2.89. The summed E-state index contributed by atoms with van der Waals surface area (Å²) in [6, 6.07) is 14.4. The fraction of sp³-hybridized carbons (Fsp3) is 0.278. The van der Waals surface area contributed by atoms with E-state index in [1.54, 1.807) is 29.2 Å². The van der Waals surface area contributed by atoms with Crippen molar-refractivity contribution in [2.75, 3.05) is 12.8 Å². The van der Waals surface area contributed by atoms with Gasteiger partial charge in [0.15, 0.2) is 0 Å². The minimum atomic E-state index is -3.57. The molecule has 138 valence electrons. The van der Waals surface area contributed by atoms with Crippen LogP contribution in [-0.4, -0.2) is 38.1 Å². The summed E-state index contributed by atoms with van der Waals surface area (Å²) >= 11 is 5.84. The molecule has 1 saturated heterocycles. The summed E-state index contributed by atoms with van der Waals surface area (Å²) in [5.74, 6) is 1.22. The topological polar surface area (TPSA) is 72.9 Å². The largest absolute Gasteiger partial charge is 0.457 e. The number of carbonyl (C=O) groups is 1. The van der Waals surface area contributed by atoms with Gasteiger partial charge < -0.3 is 9.64 Å². The molecule has 0 spiro atoms. The first kappa shape index (κ1) is 18.7. The lowest BCUT2D eigenvalue weighted by Gasteiger charge is -2.16. The lowest BCUT2D eigenvalue weighted by molar-refractivity contribution is -0.128. The van der Waals surface area contributed by atoms with Crippen molar-refractivity contribution in [3.8, 4) is 11.5 Å². The normalized spacial score (nSPS) is 17.5. The zero-order valence-corrected chi connectivity index (χ0v) is 15.7. The molecule has 1 amide bonds. The van der Waals surface area contributed by atoms with Gasteiger partial charge in [0.1, 0.15) is 17.6 Å². The Morgan fingerprint density at radius 2 is 1.65 bits per heavy atom. The van der Waals surface area contributed by atoms with Crippen LogP contribution in [0.4, 0.5) is 0 Å². The first-order valence-electron chi connectivity index (χ1n) is 7.97. The van der Waals surface area contributed by atoms with E-state index in [0.29, 0.717) is 23.1 Å². The van der Waals surface area contributed by atoms with Crippen LogP contribution < -0.4 is 4.74 Å². The van der Waals surface area contributed by atoms with Gasteiger partial charge in [0, 0.05) is 18.1 Å². The van der Waals surface area contributed by atoms with Crippen LogP contribution in [0.2, 0.25) is 5.02 Å². The van der Waals surface area contributed by atoms with Gasteiger partial charge in [-0.25, -0.2) is 0 Å². The molecule has 0 aliphatic carbocycles. The van der Waals surface area contributed by atoms with Crippen LogP contribution in [0.15, 0.2) is 48.5 Å². The van der Waals surface area contributed by atoms with E-state index in [1.165, 1.54) is 0 Å². The Morgan fingerprint density at radius 1 is 1.08 bits per heavy atom. The summed E-state index contributed by atoms with van der Waals surface area (Å²) in [4.78, 5) is 13.6. The number of carbonyl (C=O) groups excluding carboxylic acids is 1. The van der Waals surface area contributed by atoms with Crippen molar-refractivity contribution in [2.45, 2.75) is 19.1 Å². The smallest absolute Gasteiger partial charge is 0.264 e. The molecule has 26 heavy (non-hydrogen) atoms. The van der Waals surface area contributed by atoms with E-state index in [2.05, 4.69) is 0 Å². The summed E-state index contributed by atoms with van der Waals surface area (Å²) in [6.07, 6.45) is 0.440. The lowest BCUT2D eigenvalue weighted by Crippen LogP contribution is -2.26. The Bertz CT molecular complexity index is 881. The van der Waals surface area contributed by atoms with Gasteiger partial charge in [-0.15, -0.1) is 0 Å². The van der Waals surface area contributed by atoms with Gasteiger partial charge in [0.05, 0.1) is 12.7 Å². The van der Waals surface area contributed by atoms with Gasteiger partial charge >= 0.3 is 0 Å². The number of rotatable bonds is 6. The van der Waals surface area contributed by atoms with Gasteiger partial charge in [0.2, 0.25) is 5.91 Å². The molecule has 1 heterocycles. The molecule has 8 heteroatoms. The zero-order chi connectivity index (χ0) is 18.7. The standard InChI is InChI=1S/C18H18ClNO5S/c1-26(22,23)25-17-10-18(21)20(12-17)11-13-2-6-15(7-3-13)24-16-8-4-14(19)5-9-16/h2-9,17H,10-12H2,1H3. The van der Waals surface area contributed by atoms with Gasteiger partial charge in [-0.05, 0) is 42.0 Å². The van der Waals surface area contributed by atoms with Gasteiger partial charge in [-0.2, -0.15) is 8.42 Å². The summed E-state index contributed by atoms with van der Waals surface area (Å²) in [6.45, 7) is 0.651. The van der Waals surface area contributed by atoms with Gasteiger partial charge in [0.25, 0.3) is 10.1 Å². The summed E-state index contributed by atoms with van der Waals surface area (Å²) in [7, 11) is -3.57. The van der Waals surface area contributed by atoms with Crippen LogP contribution >= 0.6 is 11.6 Å². The Labute approximate surface area is 157 Å².